The summed E-state index contributed by atoms with van der Waals surface area (Å²) >= 11 is 0. The largest absolute Gasteiger partial charge is 0.401 e. The molecule has 0 unspecified atom stereocenters. The third-order valence-electron chi connectivity index (χ3n) is 0.917. The van der Waals surface area contributed by atoms with Gasteiger partial charge in [-0.1, -0.05) is 0 Å². The van der Waals surface area contributed by atoms with E-state index in [9.17, 15) is 17.6 Å². The lowest BCUT2D eigenvalue weighted by Crippen LogP contribution is -2.09. The van der Waals surface area contributed by atoms with Crippen molar-refractivity contribution < 1.29 is 27.0 Å². The van der Waals surface area contributed by atoms with Gasteiger partial charge in [0.1, 0.15) is 6.33 Å². The van der Waals surface area contributed by atoms with Crippen LogP contribution >= 0.6 is 0 Å². The average molecular weight is 213 g/mol. The Morgan fingerprint density at radius 2 is 1.36 bits per heavy atom. The zero-order valence-electron chi connectivity index (χ0n) is 6.40. The molecule has 0 aromatic carbocycles. The number of alkyl halides is 4. The van der Waals surface area contributed by atoms with Gasteiger partial charge < -0.3 is 9.47 Å². The van der Waals surface area contributed by atoms with E-state index < -0.39 is 25.2 Å². The number of rotatable bonds is 4. The van der Waals surface area contributed by atoms with Crippen molar-refractivity contribution in [3.05, 3.63) is 6.33 Å². The first-order chi connectivity index (χ1) is 6.58. The van der Waals surface area contributed by atoms with Crippen molar-refractivity contribution in [1.29, 1.82) is 0 Å². The van der Waals surface area contributed by atoms with E-state index in [1.165, 1.54) is 0 Å². The predicted octanol–water partition coefficient (Wildman–Crippen LogP) is 1.07. The van der Waals surface area contributed by atoms with E-state index in [1.807, 2.05) is 0 Å². The highest BCUT2D eigenvalue weighted by molar-refractivity contribution is 4.99. The van der Waals surface area contributed by atoms with Gasteiger partial charge in [-0.15, -0.1) is 4.98 Å². The molecule has 1 heterocycles. The van der Waals surface area contributed by atoms with Crippen LogP contribution in [0.25, 0.3) is 0 Å². The maximum Gasteiger partial charge on any atom is 0.389 e. The summed E-state index contributed by atoms with van der Waals surface area (Å²) in [6.45, 7) is -6.28. The third kappa shape index (κ3) is 3.37. The SMILES string of the molecule is FC(F)Oc1ncnc(OC(F)F)n1. The molecule has 1 aromatic rings. The Hall–Kier alpha value is -1.67. The van der Waals surface area contributed by atoms with Crippen LogP contribution in [0.1, 0.15) is 0 Å². The van der Waals surface area contributed by atoms with Crippen molar-refractivity contribution in [3.8, 4) is 12.0 Å². The second-order valence-electron chi connectivity index (χ2n) is 1.81. The van der Waals surface area contributed by atoms with E-state index >= 15 is 0 Å². The summed E-state index contributed by atoms with van der Waals surface area (Å²) in [6, 6.07) is -1.57. The van der Waals surface area contributed by atoms with Crippen LogP contribution in [0.5, 0.6) is 12.0 Å². The van der Waals surface area contributed by atoms with Crippen LogP contribution in [-0.2, 0) is 0 Å². The first kappa shape index (κ1) is 10.4. The lowest BCUT2D eigenvalue weighted by molar-refractivity contribution is -0.0646. The molecule has 0 fully saturated rings. The molecule has 0 aliphatic carbocycles. The molecule has 0 aliphatic heterocycles. The zero-order valence-corrected chi connectivity index (χ0v) is 6.40. The summed E-state index contributed by atoms with van der Waals surface area (Å²) in [5.74, 6) is 0. The fourth-order valence-electron chi connectivity index (χ4n) is 0.540. The first-order valence-electron chi connectivity index (χ1n) is 3.16. The number of hydrogen-bond acceptors (Lipinski definition) is 5. The second-order valence-corrected chi connectivity index (χ2v) is 1.81. The summed E-state index contributed by atoms with van der Waals surface area (Å²) in [6.07, 6.45) is 0.711. The summed E-state index contributed by atoms with van der Waals surface area (Å²) < 4.78 is 53.8. The third-order valence-corrected chi connectivity index (χ3v) is 0.917. The molecule has 0 atom stereocenters. The monoisotopic (exact) mass is 213 g/mol. The van der Waals surface area contributed by atoms with Crippen LogP contribution in [0.15, 0.2) is 6.33 Å². The van der Waals surface area contributed by atoms with Gasteiger partial charge in [-0.3, -0.25) is 0 Å². The number of hydrogen-bond donors (Lipinski definition) is 0. The Kier molecular flexibility index (Phi) is 3.37. The van der Waals surface area contributed by atoms with Gasteiger partial charge in [0.25, 0.3) is 0 Å². The van der Waals surface area contributed by atoms with Crippen molar-refractivity contribution in [2.24, 2.45) is 0 Å². The predicted molar refractivity (Wildman–Crippen MR) is 33.1 cm³/mol. The molecule has 0 saturated heterocycles. The van der Waals surface area contributed by atoms with E-state index in [0.29, 0.717) is 6.33 Å². The van der Waals surface area contributed by atoms with Gasteiger partial charge in [0, 0.05) is 0 Å². The van der Waals surface area contributed by atoms with E-state index in [4.69, 9.17) is 0 Å². The minimum absolute atomic E-state index is 0.711. The maximum atomic E-state index is 11.6. The van der Waals surface area contributed by atoms with Gasteiger partial charge in [-0.2, -0.15) is 27.5 Å². The minimum atomic E-state index is -3.14. The highest BCUT2D eigenvalue weighted by Gasteiger charge is 2.11. The first-order valence-corrected chi connectivity index (χ1v) is 3.16. The maximum absolute atomic E-state index is 11.6. The van der Waals surface area contributed by atoms with Gasteiger partial charge in [0.15, 0.2) is 0 Å². The summed E-state index contributed by atoms with van der Waals surface area (Å²) in [4.78, 5) is 9.30. The molecular weight excluding hydrogens is 210 g/mol. The number of halogens is 4. The molecule has 1 aromatic heterocycles. The van der Waals surface area contributed by atoms with Crippen LogP contribution in [0.2, 0.25) is 0 Å². The van der Waals surface area contributed by atoms with Gasteiger partial charge in [0.2, 0.25) is 0 Å². The van der Waals surface area contributed by atoms with E-state index in [-0.39, 0.29) is 0 Å². The Morgan fingerprint density at radius 3 is 1.71 bits per heavy atom. The van der Waals surface area contributed by atoms with E-state index in [1.54, 1.807) is 0 Å². The molecule has 9 heteroatoms. The molecule has 1 rings (SSSR count). The standard InChI is InChI=1S/C5H3F4N3O2/c6-2(7)13-4-10-1-11-5(12-4)14-3(8)9/h1-3H. The molecule has 0 spiro atoms. The number of nitrogens with zero attached hydrogens (tertiary/aromatic N) is 3. The highest BCUT2D eigenvalue weighted by atomic mass is 19.3. The summed E-state index contributed by atoms with van der Waals surface area (Å²) in [5, 5.41) is 0. The highest BCUT2D eigenvalue weighted by Crippen LogP contribution is 2.11. The quantitative estimate of drug-likeness (QED) is 0.700. The van der Waals surface area contributed by atoms with Gasteiger partial charge in [0.05, 0.1) is 0 Å². The van der Waals surface area contributed by atoms with Gasteiger partial charge >= 0.3 is 25.2 Å². The zero-order chi connectivity index (χ0) is 10.6. The normalized spacial score (nSPS) is 10.7. The fourth-order valence-corrected chi connectivity index (χ4v) is 0.540. The number of aromatic nitrogens is 3. The lowest BCUT2D eigenvalue weighted by atomic mass is 10.9. The number of ether oxygens (including phenoxy) is 2. The summed E-state index contributed by atoms with van der Waals surface area (Å²) in [5.41, 5.74) is 0. The molecule has 0 saturated carbocycles. The van der Waals surface area contributed by atoms with E-state index in [2.05, 4.69) is 24.4 Å². The van der Waals surface area contributed by atoms with Gasteiger partial charge in [-0.25, -0.2) is 0 Å². The van der Waals surface area contributed by atoms with Crippen LogP contribution in [-0.4, -0.2) is 28.2 Å². The van der Waals surface area contributed by atoms with Crippen LogP contribution in [0, 0.1) is 0 Å². The fraction of sp³-hybridized carbons (Fsp3) is 0.400. The summed E-state index contributed by atoms with van der Waals surface area (Å²) in [7, 11) is 0. The van der Waals surface area contributed by atoms with Crippen LogP contribution in [0.4, 0.5) is 17.6 Å². The molecule has 0 aliphatic rings. The molecular formula is C5H3F4N3O2. The van der Waals surface area contributed by atoms with E-state index in [0.717, 1.165) is 0 Å². The molecule has 14 heavy (non-hydrogen) atoms. The van der Waals surface area contributed by atoms with Crippen molar-refractivity contribution in [1.82, 2.24) is 15.0 Å². The molecule has 5 nitrogen and oxygen atoms in total. The Morgan fingerprint density at radius 1 is 0.929 bits per heavy atom. The van der Waals surface area contributed by atoms with Crippen molar-refractivity contribution >= 4 is 0 Å². The molecule has 0 amide bonds. The Balaban J connectivity index is 2.68. The van der Waals surface area contributed by atoms with Crippen LogP contribution < -0.4 is 9.47 Å². The average Bonchev–Trinajstić information content (AvgIpc) is 2.01. The molecule has 78 valence electrons. The molecule has 0 bridgehead atoms. The Bertz CT molecular complexity index is 273. The smallest absolute Gasteiger partial charge is 0.389 e. The van der Waals surface area contributed by atoms with Crippen molar-refractivity contribution in [3.63, 3.8) is 0 Å². The molecule has 0 radical (unpaired) electrons. The van der Waals surface area contributed by atoms with Crippen molar-refractivity contribution in [2.75, 3.05) is 0 Å². The van der Waals surface area contributed by atoms with Crippen LogP contribution in [0.3, 0.4) is 0 Å². The molecule has 0 N–H and O–H groups in total. The lowest BCUT2D eigenvalue weighted by Gasteiger charge is -2.03. The Labute approximate surface area is 74.7 Å². The van der Waals surface area contributed by atoms with Gasteiger partial charge in [-0.05, 0) is 0 Å². The second kappa shape index (κ2) is 4.53. The minimum Gasteiger partial charge on any atom is -0.401 e. The topological polar surface area (TPSA) is 57.1 Å². The van der Waals surface area contributed by atoms with Crippen molar-refractivity contribution in [2.45, 2.75) is 13.2 Å².